The SMILES string of the molecule is CCC(F)(F)c1ccc([C@H]2C(=O)N(C)C(=N)N[C@@H]2c2ccc(F)cc2F)cc1. The molecule has 2 N–H and O–H groups in total. The van der Waals surface area contributed by atoms with Crippen LogP contribution in [0.5, 0.6) is 0 Å². The minimum Gasteiger partial charge on any atom is -0.348 e. The number of benzene rings is 2. The summed E-state index contributed by atoms with van der Waals surface area (Å²) in [6.45, 7) is 1.37. The molecule has 1 saturated heterocycles. The topological polar surface area (TPSA) is 56.2 Å². The van der Waals surface area contributed by atoms with Crippen molar-refractivity contribution in [3.8, 4) is 0 Å². The molecule has 2 atom stereocenters. The molecule has 8 heteroatoms. The van der Waals surface area contributed by atoms with E-state index in [9.17, 15) is 22.4 Å². The monoisotopic (exact) mass is 393 g/mol. The van der Waals surface area contributed by atoms with Crippen molar-refractivity contribution in [2.75, 3.05) is 7.05 Å². The molecule has 0 spiro atoms. The van der Waals surface area contributed by atoms with Crippen LogP contribution < -0.4 is 5.32 Å². The van der Waals surface area contributed by atoms with Crippen LogP contribution in [-0.4, -0.2) is 23.8 Å². The minimum atomic E-state index is -2.99. The summed E-state index contributed by atoms with van der Waals surface area (Å²) in [7, 11) is 1.39. The Hall–Kier alpha value is -2.90. The second kappa shape index (κ2) is 7.26. The summed E-state index contributed by atoms with van der Waals surface area (Å²) < 4.78 is 55.4. The average Bonchev–Trinajstić information content (AvgIpc) is 2.66. The van der Waals surface area contributed by atoms with Crippen LogP contribution in [0.25, 0.3) is 0 Å². The van der Waals surface area contributed by atoms with Crippen LogP contribution in [-0.2, 0) is 10.7 Å². The fraction of sp³-hybridized carbons (Fsp3) is 0.300. The van der Waals surface area contributed by atoms with Crippen molar-refractivity contribution in [2.45, 2.75) is 31.2 Å². The van der Waals surface area contributed by atoms with E-state index in [1.54, 1.807) is 0 Å². The molecule has 0 radical (unpaired) electrons. The third kappa shape index (κ3) is 3.46. The number of halogens is 4. The number of rotatable bonds is 4. The number of amides is 1. The van der Waals surface area contributed by atoms with Gasteiger partial charge in [-0.2, -0.15) is 0 Å². The molecule has 1 fully saturated rings. The molecule has 0 aliphatic carbocycles. The number of nitrogens with zero attached hydrogens (tertiary/aromatic N) is 1. The zero-order chi connectivity index (χ0) is 20.6. The Labute approximate surface area is 159 Å². The van der Waals surface area contributed by atoms with E-state index in [1.165, 1.54) is 44.3 Å². The minimum absolute atomic E-state index is 0.0144. The third-order valence-electron chi connectivity index (χ3n) is 4.99. The van der Waals surface area contributed by atoms with Gasteiger partial charge in [0.15, 0.2) is 5.96 Å². The highest BCUT2D eigenvalue weighted by Crippen LogP contribution is 2.38. The van der Waals surface area contributed by atoms with Crippen molar-refractivity contribution >= 4 is 11.9 Å². The van der Waals surface area contributed by atoms with Gasteiger partial charge in [-0.05, 0) is 11.6 Å². The molecule has 28 heavy (non-hydrogen) atoms. The molecule has 2 aromatic rings. The summed E-state index contributed by atoms with van der Waals surface area (Å²) in [5.41, 5.74) is 0.224. The first kappa shape index (κ1) is 19.9. The van der Waals surface area contributed by atoms with Gasteiger partial charge in [0.2, 0.25) is 5.91 Å². The second-order valence-corrected chi connectivity index (χ2v) is 6.69. The molecule has 1 aliphatic rings. The molecule has 2 aromatic carbocycles. The lowest BCUT2D eigenvalue weighted by Gasteiger charge is -2.38. The van der Waals surface area contributed by atoms with Crippen LogP contribution in [0.4, 0.5) is 17.6 Å². The number of hydrogen-bond acceptors (Lipinski definition) is 2. The van der Waals surface area contributed by atoms with E-state index in [4.69, 9.17) is 5.41 Å². The van der Waals surface area contributed by atoms with E-state index >= 15 is 0 Å². The van der Waals surface area contributed by atoms with Gasteiger partial charge in [-0.3, -0.25) is 15.1 Å². The lowest BCUT2D eigenvalue weighted by molar-refractivity contribution is -0.130. The Morgan fingerprint density at radius 2 is 1.79 bits per heavy atom. The maximum absolute atomic E-state index is 14.4. The first-order valence-corrected chi connectivity index (χ1v) is 8.71. The molecule has 0 saturated carbocycles. The summed E-state index contributed by atoms with van der Waals surface area (Å²) >= 11 is 0. The number of nitrogens with one attached hydrogen (secondary N) is 2. The predicted molar refractivity (Wildman–Crippen MR) is 96.1 cm³/mol. The molecule has 1 aliphatic heterocycles. The molecular formula is C20H19F4N3O. The molecule has 0 aromatic heterocycles. The number of carbonyl (C=O) groups excluding carboxylic acids is 1. The fourth-order valence-corrected chi connectivity index (χ4v) is 3.27. The number of alkyl halides is 2. The van der Waals surface area contributed by atoms with Crippen molar-refractivity contribution < 1.29 is 22.4 Å². The quantitative estimate of drug-likeness (QED) is 0.762. The van der Waals surface area contributed by atoms with Crippen LogP contribution in [0.15, 0.2) is 42.5 Å². The Morgan fingerprint density at radius 3 is 2.36 bits per heavy atom. The fourth-order valence-electron chi connectivity index (χ4n) is 3.27. The van der Waals surface area contributed by atoms with Crippen LogP contribution in [0, 0.1) is 17.0 Å². The number of hydrogen-bond donors (Lipinski definition) is 2. The smallest absolute Gasteiger partial charge is 0.273 e. The summed E-state index contributed by atoms with van der Waals surface area (Å²) in [6, 6.07) is 7.28. The van der Waals surface area contributed by atoms with Crippen molar-refractivity contribution in [2.24, 2.45) is 0 Å². The normalized spacial score (nSPS) is 20.3. The zero-order valence-electron chi connectivity index (χ0n) is 15.3. The third-order valence-corrected chi connectivity index (χ3v) is 4.99. The second-order valence-electron chi connectivity index (χ2n) is 6.69. The Bertz CT molecular complexity index is 914. The summed E-state index contributed by atoms with van der Waals surface area (Å²) in [5, 5.41) is 10.7. The van der Waals surface area contributed by atoms with Crippen LogP contribution >= 0.6 is 0 Å². The maximum atomic E-state index is 14.4. The van der Waals surface area contributed by atoms with Crippen LogP contribution in [0.2, 0.25) is 0 Å². The van der Waals surface area contributed by atoms with Gasteiger partial charge in [-0.1, -0.05) is 37.3 Å². The van der Waals surface area contributed by atoms with E-state index in [1.807, 2.05) is 0 Å². The number of guanidine groups is 1. The molecule has 0 bridgehead atoms. The molecule has 0 unspecified atom stereocenters. The highest BCUT2D eigenvalue weighted by atomic mass is 19.3. The van der Waals surface area contributed by atoms with Crippen molar-refractivity contribution in [3.05, 3.63) is 70.8 Å². The number of carbonyl (C=O) groups is 1. The van der Waals surface area contributed by atoms with Crippen molar-refractivity contribution in [1.82, 2.24) is 10.2 Å². The van der Waals surface area contributed by atoms with Gasteiger partial charge in [-0.25, -0.2) is 17.6 Å². The van der Waals surface area contributed by atoms with Gasteiger partial charge < -0.3 is 5.32 Å². The van der Waals surface area contributed by atoms with E-state index in [0.29, 0.717) is 11.6 Å². The van der Waals surface area contributed by atoms with Crippen molar-refractivity contribution in [1.29, 1.82) is 5.41 Å². The number of likely N-dealkylation sites (N-methyl/N-ethyl adjacent to an activating group) is 1. The van der Waals surface area contributed by atoms with Gasteiger partial charge in [-0.15, -0.1) is 0 Å². The molecule has 148 valence electrons. The van der Waals surface area contributed by atoms with Crippen molar-refractivity contribution in [3.63, 3.8) is 0 Å². The first-order valence-electron chi connectivity index (χ1n) is 8.71. The molecular weight excluding hydrogens is 374 g/mol. The molecule has 1 amide bonds. The molecule has 4 nitrogen and oxygen atoms in total. The Kier molecular flexibility index (Phi) is 5.14. The van der Waals surface area contributed by atoms with Gasteiger partial charge in [0.1, 0.15) is 11.6 Å². The molecule has 3 rings (SSSR count). The summed E-state index contributed by atoms with van der Waals surface area (Å²) in [4.78, 5) is 13.9. The van der Waals surface area contributed by atoms with Crippen LogP contribution in [0.1, 0.15) is 42.0 Å². The Balaban J connectivity index is 2.06. The van der Waals surface area contributed by atoms with Gasteiger partial charge >= 0.3 is 0 Å². The van der Waals surface area contributed by atoms with E-state index in [0.717, 1.165) is 11.0 Å². The van der Waals surface area contributed by atoms with Gasteiger partial charge in [0.05, 0.1) is 12.0 Å². The lowest BCUT2D eigenvalue weighted by Crippen LogP contribution is -2.54. The van der Waals surface area contributed by atoms with Gasteiger partial charge in [0, 0.05) is 30.7 Å². The summed E-state index contributed by atoms with van der Waals surface area (Å²) in [5.74, 6) is -6.31. The molecule has 1 heterocycles. The standard InChI is InChI=1S/C20H19F4N3O/c1-3-20(23,24)12-6-4-11(5-7-12)16-17(26-19(25)27(2)18(16)28)14-9-8-13(21)10-15(14)22/h4-10,16-17H,3H2,1-2H3,(H2,25,26)/t16-,17-/m1/s1. The first-order chi connectivity index (χ1) is 13.2. The van der Waals surface area contributed by atoms with E-state index in [-0.39, 0.29) is 23.5 Å². The average molecular weight is 393 g/mol. The largest absolute Gasteiger partial charge is 0.348 e. The summed E-state index contributed by atoms with van der Waals surface area (Å²) in [6.07, 6.45) is -0.362. The highest BCUT2D eigenvalue weighted by Gasteiger charge is 2.41. The zero-order valence-corrected chi connectivity index (χ0v) is 15.3. The Morgan fingerprint density at radius 1 is 1.14 bits per heavy atom. The van der Waals surface area contributed by atoms with Gasteiger partial charge in [0.25, 0.3) is 5.92 Å². The van der Waals surface area contributed by atoms with Crippen LogP contribution in [0.3, 0.4) is 0 Å². The highest BCUT2D eigenvalue weighted by molar-refractivity contribution is 6.01. The maximum Gasteiger partial charge on any atom is 0.273 e. The predicted octanol–water partition coefficient (Wildman–Crippen LogP) is 4.29. The van der Waals surface area contributed by atoms with E-state index in [2.05, 4.69) is 5.32 Å². The lowest BCUT2D eigenvalue weighted by atomic mass is 9.83. The van der Waals surface area contributed by atoms with E-state index < -0.39 is 35.4 Å².